The normalized spacial score (nSPS) is 20.7. The van der Waals surface area contributed by atoms with Gasteiger partial charge in [0.25, 0.3) is 0 Å². The highest BCUT2D eigenvalue weighted by molar-refractivity contribution is 6.02. The molecule has 102 valence electrons. The molecule has 19 heavy (non-hydrogen) atoms. The van der Waals surface area contributed by atoms with E-state index in [-0.39, 0.29) is 12.5 Å². The maximum Gasteiger partial charge on any atom is 0.328 e. The number of aryl methyl sites for hydroxylation is 2. The Bertz CT molecular complexity index is 507. The Balaban J connectivity index is 2.50. The average molecular weight is 262 g/mol. The van der Waals surface area contributed by atoms with Gasteiger partial charge in [-0.3, -0.25) is 14.6 Å². The molecule has 0 saturated carbocycles. The fraction of sp³-hybridized carbons (Fsp3) is 0.429. The van der Waals surface area contributed by atoms with Gasteiger partial charge in [0, 0.05) is 6.54 Å². The van der Waals surface area contributed by atoms with E-state index in [9.17, 15) is 14.7 Å². The van der Waals surface area contributed by atoms with Crippen molar-refractivity contribution in [2.45, 2.75) is 19.9 Å². The first kappa shape index (κ1) is 13.5. The minimum Gasteiger partial charge on any atom is -0.480 e. The number of carbonyl (C=O) groups is 2. The Morgan fingerprint density at radius 3 is 2.42 bits per heavy atom. The number of nitrogens with zero attached hydrogens (tertiary/aromatic N) is 2. The Kier molecular flexibility index (Phi) is 3.57. The van der Waals surface area contributed by atoms with Crippen molar-refractivity contribution >= 4 is 17.6 Å². The van der Waals surface area contributed by atoms with Crippen LogP contribution in [0.25, 0.3) is 0 Å². The summed E-state index contributed by atoms with van der Waals surface area (Å²) in [6.45, 7) is 4.38. The number of hydrogen-bond acceptors (Lipinski definition) is 3. The van der Waals surface area contributed by atoms with E-state index in [2.05, 4.69) is 0 Å². The van der Waals surface area contributed by atoms with Gasteiger partial charge in [0.1, 0.15) is 6.04 Å². The molecule has 0 aliphatic carbocycles. The second kappa shape index (κ2) is 5.01. The van der Waals surface area contributed by atoms with E-state index >= 15 is 0 Å². The Labute approximate surface area is 112 Å². The summed E-state index contributed by atoms with van der Waals surface area (Å²) in [6, 6.07) is 4.87. The van der Waals surface area contributed by atoms with Gasteiger partial charge in [-0.15, -0.1) is 0 Å². The predicted octanol–water partition coefficient (Wildman–Crippen LogP) is 1.04. The third-order valence-electron chi connectivity index (χ3n) is 3.44. The molecule has 1 unspecified atom stereocenters. The smallest absolute Gasteiger partial charge is 0.328 e. The zero-order chi connectivity index (χ0) is 14.2. The third kappa shape index (κ3) is 2.46. The Morgan fingerprint density at radius 2 is 1.89 bits per heavy atom. The molecule has 1 aromatic rings. The van der Waals surface area contributed by atoms with Crippen LogP contribution in [0.5, 0.6) is 0 Å². The second-order valence-corrected chi connectivity index (χ2v) is 5.05. The van der Waals surface area contributed by atoms with Crippen LogP contribution in [-0.4, -0.2) is 48.1 Å². The summed E-state index contributed by atoms with van der Waals surface area (Å²) >= 11 is 0. The van der Waals surface area contributed by atoms with E-state index in [0.717, 1.165) is 16.8 Å². The number of carboxylic acid groups (broad SMARTS) is 1. The molecule has 1 aliphatic heterocycles. The first-order valence-corrected chi connectivity index (χ1v) is 6.21. The molecule has 0 aromatic heterocycles. The van der Waals surface area contributed by atoms with Crippen LogP contribution in [0.3, 0.4) is 0 Å². The van der Waals surface area contributed by atoms with Crippen molar-refractivity contribution in [3.63, 3.8) is 0 Å². The molecular weight excluding hydrogens is 244 g/mol. The van der Waals surface area contributed by atoms with Crippen LogP contribution in [0.4, 0.5) is 5.69 Å². The number of rotatable bonds is 2. The number of para-hydroxylation sites is 1. The van der Waals surface area contributed by atoms with E-state index in [4.69, 9.17) is 0 Å². The van der Waals surface area contributed by atoms with Gasteiger partial charge in [0.05, 0.1) is 12.2 Å². The van der Waals surface area contributed by atoms with E-state index in [0.29, 0.717) is 6.54 Å². The van der Waals surface area contributed by atoms with E-state index in [1.54, 1.807) is 11.9 Å². The van der Waals surface area contributed by atoms with Gasteiger partial charge >= 0.3 is 5.97 Å². The number of aliphatic carboxylic acids is 1. The minimum absolute atomic E-state index is 0.168. The number of carboxylic acids is 1. The summed E-state index contributed by atoms with van der Waals surface area (Å²) in [5.74, 6) is -1.14. The lowest BCUT2D eigenvalue weighted by molar-refractivity contribution is -0.142. The van der Waals surface area contributed by atoms with Crippen LogP contribution in [0.1, 0.15) is 11.1 Å². The molecule has 1 heterocycles. The SMILES string of the molecule is Cc1cccc(C)c1N1C(=O)CN(C)CC1C(=O)O. The van der Waals surface area contributed by atoms with Gasteiger partial charge < -0.3 is 5.11 Å². The largest absolute Gasteiger partial charge is 0.480 e. The molecule has 2 rings (SSSR count). The van der Waals surface area contributed by atoms with Crippen molar-refractivity contribution in [1.29, 1.82) is 0 Å². The lowest BCUT2D eigenvalue weighted by atomic mass is 10.0. The molecule has 1 atom stereocenters. The fourth-order valence-corrected chi connectivity index (χ4v) is 2.58. The van der Waals surface area contributed by atoms with Crippen LogP contribution in [0, 0.1) is 13.8 Å². The quantitative estimate of drug-likeness (QED) is 0.865. The highest BCUT2D eigenvalue weighted by Crippen LogP contribution is 2.28. The zero-order valence-electron chi connectivity index (χ0n) is 11.4. The minimum atomic E-state index is -0.970. The van der Waals surface area contributed by atoms with Gasteiger partial charge in [0.15, 0.2) is 0 Å². The highest BCUT2D eigenvalue weighted by Gasteiger charge is 2.37. The van der Waals surface area contributed by atoms with E-state index < -0.39 is 12.0 Å². The Morgan fingerprint density at radius 1 is 1.32 bits per heavy atom. The number of anilines is 1. The molecule has 1 fully saturated rings. The van der Waals surface area contributed by atoms with Crippen LogP contribution >= 0.6 is 0 Å². The summed E-state index contributed by atoms with van der Waals surface area (Å²) in [5.41, 5.74) is 2.57. The fourth-order valence-electron chi connectivity index (χ4n) is 2.58. The molecule has 0 bridgehead atoms. The number of carbonyl (C=O) groups excluding carboxylic acids is 1. The first-order valence-electron chi connectivity index (χ1n) is 6.21. The van der Waals surface area contributed by atoms with Crippen LogP contribution in [-0.2, 0) is 9.59 Å². The average Bonchev–Trinajstić information content (AvgIpc) is 2.30. The van der Waals surface area contributed by atoms with Crippen LogP contribution in [0.2, 0.25) is 0 Å². The van der Waals surface area contributed by atoms with E-state index in [1.807, 2.05) is 32.0 Å². The maximum absolute atomic E-state index is 12.2. The maximum atomic E-state index is 12.2. The van der Waals surface area contributed by atoms with E-state index in [1.165, 1.54) is 4.90 Å². The second-order valence-electron chi connectivity index (χ2n) is 5.05. The molecule has 1 aromatic carbocycles. The number of benzene rings is 1. The van der Waals surface area contributed by atoms with Crippen molar-refractivity contribution in [3.8, 4) is 0 Å². The molecule has 1 amide bonds. The lowest BCUT2D eigenvalue weighted by Gasteiger charge is -2.38. The molecule has 0 spiro atoms. The molecule has 0 radical (unpaired) electrons. The van der Waals surface area contributed by atoms with Gasteiger partial charge in [-0.25, -0.2) is 4.79 Å². The van der Waals surface area contributed by atoms with Crippen molar-refractivity contribution in [1.82, 2.24) is 4.90 Å². The van der Waals surface area contributed by atoms with Crippen molar-refractivity contribution < 1.29 is 14.7 Å². The van der Waals surface area contributed by atoms with Crippen LogP contribution in [0.15, 0.2) is 18.2 Å². The predicted molar refractivity (Wildman–Crippen MR) is 72.3 cm³/mol. The standard InChI is InChI=1S/C14H18N2O3/c1-9-5-4-6-10(2)13(9)16-11(14(18)19)7-15(3)8-12(16)17/h4-6,11H,7-8H2,1-3H3,(H,18,19). The summed E-state index contributed by atoms with van der Waals surface area (Å²) in [6.07, 6.45) is 0. The van der Waals surface area contributed by atoms with Gasteiger partial charge in [-0.1, -0.05) is 18.2 Å². The topological polar surface area (TPSA) is 60.9 Å². The van der Waals surface area contributed by atoms with Crippen molar-refractivity contribution in [3.05, 3.63) is 29.3 Å². The molecule has 1 aliphatic rings. The molecule has 5 heteroatoms. The number of hydrogen-bond donors (Lipinski definition) is 1. The zero-order valence-corrected chi connectivity index (χ0v) is 11.4. The molecule has 1 saturated heterocycles. The summed E-state index contributed by atoms with van der Waals surface area (Å²) in [5, 5.41) is 9.37. The van der Waals surface area contributed by atoms with Gasteiger partial charge in [-0.05, 0) is 32.0 Å². The summed E-state index contributed by atoms with van der Waals surface area (Å²) in [7, 11) is 1.76. The Hall–Kier alpha value is -1.88. The lowest BCUT2D eigenvalue weighted by Crippen LogP contribution is -2.59. The number of amides is 1. The molecule has 1 N–H and O–H groups in total. The summed E-state index contributed by atoms with van der Waals surface area (Å²) in [4.78, 5) is 26.9. The monoisotopic (exact) mass is 262 g/mol. The summed E-state index contributed by atoms with van der Waals surface area (Å²) < 4.78 is 0. The third-order valence-corrected chi connectivity index (χ3v) is 3.44. The van der Waals surface area contributed by atoms with Gasteiger partial charge in [0.2, 0.25) is 5.91 Å². The highest BCUT2D eigenvalue weighted by atomic mass is 16.4. The molecular formula is C14H18N2O3. The number of piperazine rings is 1. The van der Waals surface area contributed by atoms with Crippen molar-refractivity contribution in [2.24, 2.45) is 0 Å². The van der Waals surface area contributed by atoms with Crippen molar-refractivity contribution in [2.75, 3.05) is 25.0 Å². The number of likely N-dealkylation sites (N-methyl/N-ethyl adjacent to an activating group) is 1. The first-order chi connectivity index (χ1) is 8.91. The molecule has 5 nitrogen and oxygen atoms in total. The van der Waals surface area contributed by atoms with Gasteiger partial charge in [-0.2, -0.15) is 0 Å². The van der Waals surface area contributed by atoms with Crippen LogP contribution < -0.4 is 4.90 Å².